The summed E-state index contributed by atoms with van der Waals surface area (Å²) < 4.78 is 0. The van der Waals surface area contributed by atoms with Crippen LogP contribution < -0.4 is 10.2 Å². The molecule has 1 aromatic rings. The van der Waals surface area contributed by atoms with Crippen LogP contribution in [0.2, 0.25) is 0 Å². The maximum atomic E-state index is 9.18. The zero-order valence-corrected chi connectivity index (χ0v) is 12.4. The van der Waals surface area contributed by atoms with Gasteiger partial charge in [0.25, 0.3) is 0 Å². The summed E-state index contributed by atoms with van der Waals surface area (Å²) >= 11 is 0. The molecular formula is C16H23N5. The highest BCUT2D eigenvalue weighted by Crippen LogP contribution is 2.20. The Morgan fingerprint density at radius 3 is 2.71 bits per heavy atom. The summed E-state index contributed by atoms with van der Waals surface area (Å²) in [5.74, 6) is 1.07. The minimum Gasteiger partial charge on any atom is -0.354 e. The Morgan fingerprint density at radius 1 is 1.29 bits per heavy atom. The lowest BCUT2D eigenvalue weighted by Gasteiger charge is -2.35. The molecule has 5 nitrogen and oxygen atoms in total. The number of hydrogen-bond acceptors (Lipinski definition) is 5. The van der Waals surface area contributed by atoms with Crippen molar-refractivity contribution in [2.75, 3.05) is 37.6 Å². The van der Waals surface area contributed by atoms with Crippen molar-refractivity contribution in [1.29, 1.82) is 5.26 Å². The average Bonchev–Trinajstić information content (AvgIpc) is 3.37. The number of hydrogen-bond donors (Lipinski definition) is 1. The Morgan fingerprint density at radius 2 is 2.10 bits per heavy atom. The minimum absolute atomic E-state index is 0.0197. The van der Waals surface area contributed by atoms with Crippen molar-refractivity contribution in [1.82, 2.24) is 15.2 Å². The molecule has 0 amide bonds. The summed E-state index contributed by atoms with van der Waals surface area (Å²) in [4.78, 5) is 9.20. The van der Waals surface area contributed by atoms with Crippen molar-refractivity contribution in [3.05, 3.63) is 24.4 Å². The van der Waals surface area contributed by atoms with Gasteiger partial charge in [-0.05, 0) is 31.4 Å². The molecule has 0 radical (unpaired) electrons. The molecule has 0 aromatic carbocycles. The van der Waals surface area contributed by atoms with Crippen LogP contribution in [0.25, 0.3) is 0 Å². The van der Waals surface area contributed by atoms with Crippen LogP contribution in [0, 0.1) is 11.3 Å². The molecule has 5 heteroatoms. The molecule has 1 saturated heterocycles. The quantitative estimate of drug-likeness (QED) is 0.852. The number of nitriles is 1. The highest BCUT2D eigenvalue weighted by molar-refractivity contribution is 5.38. The lowest BCUT2D eigenvalue weighted by molar-refractivity contribution is 0.248. The van der Waals surface area contributed by atoms with Gasteiger partial charge in [-0.15, -0.1) is 0 Å². The Hall–Kier alpha value is -1.64. The van der Waals surface area contributed by atoms with Crippen molar-refractivity contribution in [3.8, 4) is 6.07 Å². The van der Waals surface area contributed by atoms with E-state index < -0.39 is 0 Å². The van der Waals surface area contributed by atoms with Crippen LogP contribution in [0.4, 0.5) is 5.82 Å². The number of pyridine rings is 1. The molecule has 0 spiro atoms. The van der Waals surface area contributed by atoms with E-state index in [4.69, 9.17) is 0 Å². The van der Waals surface area contributed by atoms with Crippen molar-refractivity contribution >= 4 is 5.82 Å². The molecule has 0 bridgehead atoms. The zero-order valence-electron chi connectivity index (χ0n) is 12.4. The summed E-state index contributed by atoms with van der Waals surface area (Å²) in [6.07, 6.45) is 5.25. The molecule has 2 heterocycles. The van der Waals surface area contributed by atoms with Gasteiger partial charge in [0.05, 0.1) is 12.1 Å². The molecule has 112 valence electrons. The van der Waals surface area contributed by atoms with E-state index in [9.17, 15) is 5.26 Å². The van der Waals surface area contributed by atoms with Crippen LogP contribution in [0.3, 0.4) is 0 Å². The fourth-order valence-corrected chi connectivity index (χ4v) is 2.77. The standard InChI is InChI=1S/C16H23N5/c17-13-15(19-14-4-5-14)6-8-20-9-11-21(12-10-20)16-3-1-2-7-18-16/h1-3,7,14-15,19H,4-6,8-12H2. The van der Waals surface area contributed by atoms with Gasteiger partial charge in [-0.3, -0.25) is 10.2 Å². The largest absolute Gasteiger partial charge is 0.354 e. The molecular weight excluding hydrogens is 262 g/mol. The van der Waals surface area contributed by atoms with Crippen LogP contribution in [0.15, 0.2) is 24.4 Å². The maximum absolute atomic E-state index is 9.18. The van der Waals surface area contributed by atoms with Gasteiger partial charge in [-0.2, -0.15) is 5.26 Å². The van der Waals surface area contributed by atoms with Gasteiger partial charge in [-0.25, -0.2) is 4.98 Å². The first kappa shape index (κ1) is 14.3. The van der Waals surface area contributed by atoms with Crippen molar-refractivity contribution in [2.24, 2.45) is 0 Å². The van der Waals surface area contributed by atoms with Gasteiger partial charge >= 0.3 is 0 Å². The van der Waals surface area contributed by atoms with E-state index in [1.54, 1.807) is 0 Å². The Balaban J connectivity index is 1.40. The fourth-order valence-electron chi connectivity index (χ4n) is 2.77. The number of anilines is 1. The molecule has 1 unspecified atom stereocenters. The number of piperazine rings is 1. The highest BCUT2D eigenvalue weighted by atomic mass is 15.3. The second-order valence-electron chi connectivity index (χ2n) is 5.93. The molecule has 1 aliphatic carbocycles. The van der Waals surface area contributed by atoms with Crippen LogP contribution in [0.5, 0.6) is 0 Å². The van der Waals surface area contributed by atoms with Gasteiger partial charge in [0.2, 0.25) is 0 Å². The average molecular weight is 285 g/mol. The monoisotopic (exact) mass is 285 g/mol. The van der Waals surface area contributed by atoms with E-state index in [1.807, 2.05) is 18.3 Å². The summed E-state index contributed by atoms with van der Waals surface area (Å²) in [7, 11) is 0. The summed E-state index contributed by atoms with van der Waals surface area (Å²) in [5.41, 5.74) is 0. The molecule has 1 atom stereocenters. The fraction of sp³-hybridized carbons (Fsp3) is 0.625. The molecule has 3 rings (SSSR count). The van der Waals surface area contributed by atoms with Crippen LogP contribution in [-0.2, 0) is 0 Å². The predicted octanol–water partition coefficient (Wildman–Crippen LogP) is 1.24. The smallest absolute Gasteiger partial charge is 0.128 e. The van der Waals surface area contributed by atoms with E-state index in [1.165, 1.54) is 12.8 Å². The first-order valence-electron chi connectivity index (χ1n) is 7.89. The highest BCUT2D eigenvalue weighted by Gasteiger charge is 2.25. The molecule has 2 aliphatic rings. The van der Waals surface area contributed by atoms with Crippen LogP contribution in [0.1, 0.15) is 19.3 Å². The summed E-state index contributed by atoms with van der Waals surface area (Å²) in [5, 5.41) is 12.6. The molecule has 1 aromatic heterocycles. The summed E-state index contributed by atoms with van der Waals surface area (Å²) in [6, 6.07) is 9.08. The molecule has 2 fully saturated rings. The third-order valence-corrected chi connectivity index (χ3v) is 4.25. The third kappa shape index (κ3) is 4.16. The number of nitrogens with one attached hydrogen (secondary N) is 1. The number of nitrogens with zero attached hydrogens (tertiary/aromatic N) is 4. The van der Waals surface area contributed by atoms with E-state index in [0.29, 0.717) is 6.04 Å². The SMILES string of the molecule is N#CC(CCN1CCN(c2ccccn2)CC1)NC1CC1. The minimum atomic E-state index is 0.0197. The lowest BCUT2D eigenvalue weighted by Crippen LogP contribution is -2.47. The maximum Gasteiger partial charge on any atom is 0.128 e. The lowest BCUT2D eigenvalue weighted by atomic mass is 10.2. The predicted molar refractivity (Wildman–Crippen MR) is 83.1 cm³/mol. The molecule has 1 saturated carbocycles. The topological polar surface area (TPSA) is 55.2 Å². The van der Waals surface area contributed by atoms with Crippen LogP contribution >= 0.6 is 0 Å². The van der Waals surface area contributed by atoms with E-state index >= 15 is 0 Å². The van der Waals surface area contributed by atoms with Crippen LogP contribution in [-0.4, -0.2) is 54.7 Å². The van der Waals surface area contributed by atoms with Gasteiger partial charge in [0.15, 0.2) is 0 Å². The van der Waals surface area contributed by atoms with Gasteiger partial charge < -0.3 is 4.90 Å². The first-order chi connectivity index (χ1) is 10.3. The molecule has 21 heavy (non-hydrogen) atoms. The Labute approximate surface area is 126 Å². The Kier molecular flexibility index (Phi) is 4.69. The third-order valence-electron chi connectivity index (χ3n) is 4.25. The number of rotatable bonds is 6. The van der Waals surface area contributed by atoms with Crippen molar-refractivity contribution in [2.45, 2.75) is 31.3 Å². The van der Waals surface area contributed by atoms with E-state index in [-0.39, 0.29) is 6.04 Å². The Bertz CT molecular complexity index is 471. The second kappa shape index (κ2) is 6.88. The first-order valence-corrected chi connectivity index (χ1v) is 7.89. The van der Waals surface area contributed by atoms with Gasteiger partial charge in [0.1, 0.15) is 5.82 Å². The van der Waals surface area contributed by atoms with Crippen molar-refractivity contribution in [3.63, 3.8) is 0 Å². The number of aromatic nitrogens is 1. The van der Waals surface area contributed by atoms with E-state index in [0.717, 1.165) is 45.0 Å². The van der Waals surface area contributed by atoms with Gasteiger partial charge in [0, 0.05) is 45.0 Å². The summed E-state index contributed by atoms with van der Waals surface area (Å²) in [6.45, 7) is 5.15. The van der Waals surface area contributed by atoms with Crippen molar-refractivity contribution < 1.29 is 0 Å². The molecule has 1 aliphatic heterocycles. The second-order valence-corrected chi connectivity index (χ2v) is 5.93. The molecule has 1 N–H and O–H groups in total. The van der Waals surface area contributed by atoms with E-state index in [2.05, 4.69) is 32.2 Å². The van der Waals surface area contributed by atoms with Gasteiger partial charge in [-0.1, -0.05) is 6.07 Å². The zero-order chi connectivity index (χ0) is 14.5. The normalized spacial score (nSPS) is 21.0.